The van der Waals surface area contributed by atoms with Gasteiger partial charge in [-0.2, -0.15) is 0 Å². The maximum Gasteiger partial charge on any atom is 0.220 e. The van der Waals surface area contributed by atoms with Crippen LogP contribution in [0.2, 0.25) is 0 Å². The molecule has 2 aliphatic heterocycles. The monoisotopic (exact) mass is 749 g/mol. The van der Waals surface area contributed by atoms with Gasteiger partial charge in [0.2, 0.25) is 5.91 Å². The highest BCUT2D eigenvalue weighted by Gasteiger charge is 2.50. The number of unbranched alkanes of at least 4 members (excludes halogenated alkanes) is 13. The Kier molecular flexibility index (Phi) is 24.6. The lowest BCUT2D eigenvalue weighted by atomic mass is 9.97. The van der Waals surface area contributed by atoms with E-state index < -0.39 is 86.8 Å². The zero-order chi connectivity index (χ0) is 38.3. The van der Waals surface area contributed by atoms with E-state index in [1.54, 1.807) is 0 Å². The number of ether oxygens (including phenoxy) is 4. The number of carbonyl (C=O) groups excluding carboxylic acids is 1. The van der Waals surface area contributed by atoms with Crippen LogP contribution in [-0.4, -0.2) is 140 Å². The Morgan fingerprint density at radius 2 is 1.25 bits per heavy atom. The summed E-state index contributed by atoms with van der Waals surface area (Å²) >= 11 is 0. The Morgan fingerprint density at radius 1 is 0.673 bits per heavy atom. The third-order valence-corrected chi connectivity index (χ3v) is 9.96. The van der Waals surface area contributed by atoms with E-state index in [0.717, 1.165) is 70.6 Å². The lowest BCUT2D eigenvalue weighted by Gasteiger charge is -2.46. The molecule has 2 aliphatic rings. The molecule has 0 aliphatic carbocycles. The summed E-state index contributed by atoms with van der Waals surface area (Å²) in [5.74, 6) is -0.225. The van der Waals surface area contributed by atoms with Gasteiger partial charge in [0, 0.05) is 6.42 Å². The molecule has 1 amide bonds. The molecular formula is C38H71NO13. The standard InChI is InChI=1S/C38H71NO13/c1-3-5-7-9-11-13-14-16-18-20-22-30(43)39-26(27(42)21-19-17-15-12-10-8-6-4-2)25-49-37-35(48)33(46)36(29(24-41)51-37)52-38-34(47)32(45)31(44)28(23-40)50-38/h7,9,26-29,31-38,40-42,44-48H,3-6,8,10-25H2,1-2H3,(H,39,43)/b9-7-. The Labute approximate surface area is 310 Å². The van der Waals surface area contributed by atoms with Gasteiger partial charge in [-0.15, -0.1) is 0 Å². The van der Waals surface area contributed by atoms with Crippen molar-refractivity contribution < 1.29 is 64.6 Å². The topological polar surface area (TPSA) is 228 Å². The molecule has 0 aromatic rings. The second-order valence-corrected chi connectivity index (χ2v) is 14.4. The summed E-state index contributed by atoms with van der Waals surface area (Å²) in [7, 11) is 0. The molecular weight excluding hydrogens is 678 g/mol. The lowest BCUT2D eigenvalue weighted by molar-refractivity contribution is -0.359. The van der Waals surface area contributed by atoms with Crippen LogP contribution >= 0.6 is 0 Å². The number of aliphatic hydroxyl groups excluding tert-OH is 8. The van der Waals surface area contributed by atoms with Gasteiger partial charge in [-0.05, 0) is 32.1 Å². The minimum absolute atomic E-state index is 0.225. The molecule has 0 aromatic heterocycles. The average molecular weight is 750 g/mol. The van der Waals surface area contributed by atoms with Crippen molar-refractivity contribution >= 4 is 5.91 Å². The smallest absolute Gasteiger partial charge is 0.220 e. The number of hydrogen-bond donors (Lipinski definition) is 9. The lowest BCUT2D eigenvalue weighted by Crippen LogP contribution is -2.65. The van der Waals surface area contributed by atoms with Crippen molar-refractivity contribution in [2.45, 2.75) is 203 Å². The van der Waals surface area contributed by atoms with Crippen molar-refractivity contribution in [2.75, 3.05) is 19.8 Å². The van der Waals surface area contributed by atoms with Crippen molar-refractivity contribution in [3.63, 3.8) is 0 Å². The second kappa shape index (κ2) is 27.3. The number of allylic oxidation sites excluding steroid dienone is 2. The SMILES string of the molecule is CCC/C=C\CCCCCCCC(=O)NC(COC1OC(CO)C(OC2OC(CO)C(O)C(O)C2O)C(O)C1O)C(O)CCCCCCCCCC. The number of amides is 1. The van der Waals surface area contributed by atoms with E-state index in [2.05, 4.69) is 31.3 Å². The van der Waals surface area contributed by atoms with E-state index in [1.165, 1.54) is 25.7 Å². The maximum absolute atomic E-state index is 13.0. The van der Waals surface area contributed by atoms with Crippen molar-refractivity contribution in [1.82, 2.24) is 5.32 Å². The first-order valence-corrected chi connectivity index (χ1v) is 19.9. The summed E-state index contributed by atoms with van der Waals surface area (Å²) in [6, 6.07) is -0.824. The second-order valence-electron chi connectivity index (χ2n) is 14.4. The maximum atomic E-state index is 13.0. The summed E-state index contributed by atoms with van der Waals surface area (Å²) in [5.41, 5.74) is 0. The van der Waals surface area contributed by atoms with Crippen molar-refractivity contribution in [2.24, 2.45) is 0 Å². The third-order valence-electron chi connectivity index (χ3n) is 9.96. The van der Waals surface area contributed by atoms with Gasteiger partial charge in [-0.25, -0.2) is 0 Å². The average Bonchev–Trinajstić information content (AvgIpc) is 3.14. The number of carbonyl (C=O) groups is 1. The molecule has 306 valence electrons. The summed E-state index contributed by atoms with van der Waals surface area (Å²) in [6.07, 6.45) is 5.47. The van der Waals surface area contributed by atoms with Crippen LogP contribution in [0.25, 0.3) is 0 Å². The third kappa shape index (κ3) is 16.6. The zero-order valence-corrected chi connectivity index (χ0v) is 31.6. The van der Waals surface area contributed by atoms with Crippen LogP contribution in [0.4, 0.5) is 0 Å². The number of nitrogens with one attached hydrogen (secondary N) is 1. The highest BCUT2D eigenvalue weighted by molar-refractivity contribution is 5.76. The van der Waals surface area contributed by atoms with Gasteiger partial charge < -0.3 is 65.1 Å². The normalized spacial score (nSPS) is 30.8. The fourth-order valence-corrected chi connectivity index (χ4v) is 6.59. The molecule has 12 unspecified atom stereocenters. The van der Waals surface area contributed by atoms with Crippen molar-refractivity contribution in [3.05, 3.63) is 12.2 Å². The van der Waals surface area contributed by atoms with Gasteiger partial charge in [0.15, 0.2) is 12.6 Å². The van der Waals surface area contributed by atoms with E-state index in [1.807, 2.05) is 0 Å². The van der Waals surface area contributed by atoms with Gasteiger partial charge in [-0.3, -0.25) is 4.79 Å². The molecule has 14 nitrogen and oxygen atoms in total. The van der Waals surface area contributed by atoms with Gasteiger partial charge in [-0.1, -0.05) is 103 Å². The van der Waals surface area contributed by atoms with E-state index >= 15 is 0 Å². The van der Waals surface area contributed by atoms with Crippen LogP contribution in [0.3, 0.4) is 0 Å². The molecule has 2 saturated heterocycles. The molecule has 0 aromatic carbocycles. The Morgan fingerprint density at radius 3 is 1.90 bits per heavy atom. The molecule has 14 heteroatoms. The van der Waals surface area contributed by atoms with Gasteiger partial charge >= 0.3 is 0 Å². The molecule has 12 atom stereocenters. The first kappa shape index (κ1) is 46.9. The van der Waals surface area contributed by atoms with Crippen LogP contribution < -0.4 is 5.32 Å². The van der Waals surface area contributed by atoms with E-state index in [0.29, 0.717) is 19.3 Å². The fourth-order valence-electron chi connectivity index (χ4n) is 6.59. The van der Waals surface area contributed by atoms with E-state index in [-0.39, 0.29) is 12.5 Å². The number of hydrogen-bond acceptors (Lipinski definition) is 13. The number of rotatable bonds is 28. The Hall–Kier alpha value is -1.27. The molecule has 2 rings (SSSR count). The van der Waals surface area contributed by atoms with Crippen LogP contribution in [-0.2, 0) is 23.7 Å². The highest BCUT2D eigenvalue weighted by Crippen LogP contribution is 2.30. The minimum atomic E-state index is -1.78. The molecule has 9 N–H and O–H groups in total. The summed E-state index contributed by atoms with van der Waals surface area (Å²) in [4.78, 5) is 13.0. The molecule has 52 heavy (non-hydrogen) atoms. The van der Waals surface area contributed by atoms with E-state index in [4.69, 9.17) is 18.9 Å². The van der Waals surface area contributed by atoms with Crippen molar-refractivity contribution in [3.8, 4) is 0 Å². The highest BCUT2D eigenvalue weighted by atomic mass is 16.7. The summed E-state index contributed by atoms with van der Waals surface area (Å²) in [6.45, 7) is 2.69. The van der Waals surface area contributed by atoms with Gasteiger partial charge in [0.05, 0.1) is 32.0 Å². The molecule has 2 fully saturated rings. The molecule has 0 radical (unpaired) electrons. The van der Waals surface area contributed by atoms with Crippen LogP contribution in [0, 0.1) is 0 Å². The fraction of sp³-hybridized carbons (Fsp3) is 0.921. The van der Waals surface area contributed by atoms with Crippen LogP contribution in [0.15, 0.2) is 12.2 Å². The predicted octanol–water partition coefficient (Wildman–Crippen LogP) is 2.09. The first-order valence-electron chi connectivity index (χ1n) is 19.9. The molecule has 0 bridgehead atoms. The summed E-state index contributed by atoms with van der Waals surface area (Å²) in [5, 5.41) is 86.0. The first-order chi connectivity index (χ1) is 25.1. The Bertz CT molecular complexity index is 941. The largest absolute Gasteiger partial charge is 0.394 e. The Balaban J connectivity index is 1.95. The summed E-state index contributed by atoms with van der Waals surface area (Å²) < 4.78 is 22.5. The predicted molar refractivity (Wildman–Crippen MR) is 194 cm³/mol. The molecule has 0 saturated carbocycles. The number of aliphatic hydroxyl groups is 8. The molecule has 2 heterocycles. The van der Waals surface area contributed by atoms with Gasteiger partial charge in [0.25, 0.3) is 0 Å². The quantitative estimate of drug-likeness (QED) is 0.0413. The van der Waals surface area contributed by atoms with Crippen molar-refractivity contribution in [1.29, 1.82) is 0 Å². The molecule has 0 spiro atoms. The van der Waals surface area contributed by atoms with Crippen LogP contribution in [0.5, 0.6) is 0 Å². The van der Waals surface area contributed by atoms with E-state index in [9.17, 15) is 45.6 Å². The van der Waals surface area contributed by atoms with Gasteiger partial charge in [0.1, 0.15) is 48.8 Å². The zero-order valence-electron chi connectivity index (χ0n) is 31.6. The van der Waals surface area contributed by atoms with Crippen LogP contribution in [0.1, 0.15) is 129 Å². The minimum Gasteiger partial charge on any atom is -0.394 e.